The maximum Gasteiger partial charge on any atom is 0.356 e. The van der Waals surface area contributed by atoms with Crippen molar-refractivity contribution in [1.29, 1.82) is 0 Å². The number of benzene rings is 1. The van der Waals surface area contributed by atoms with Crippen molar-refractivity contribution >= 4 is 5.97 Å². The maximum atomic E-state index is 13.8. The van der Waals surface area contributed by atoms with Crippen LogP contribution in [-0.2, 0) is 0 Å². The molecule has 0 spiro atoms. The molecule has 3 rings (SSSR count). The van der Waals surface area contributed by atoms with E-state index in [9.17, 15) is 9.18 Å². The highest BCUT2D eigenvalue weighted by Gasteiger charge is 2.24. The van der Waals surface area contributed by atoms with E-state index in [2.05, 4.69) is 5.10 Å². The van der Waals surface area contributed by atoms with E-state index in [0.29, 0.717) is 12.5 Å². The van der Waals surface area contributed by atoms with Crippen molar-refractivity contribution < 1.29 is 19.0 Å². The number of carboxylic acids is 1. The molecule has 2 aromatic rings. The van der Waals surface area contributed by atoms with Crippen molar-refractivity contribution in [1.82, 2.24) is 9.78 Å². The van der Waals surface area contributed by atoms with Crippen molar-refractivity contribution in [3.63, 3.8) is 0 Å². The van der Waals surface area contributed by atoms with E-state index in [1.54, 1.807) is 12.1 Å². The van der Waals surface area contributed by atoms with Gasteiger partial charge in [-0.25, -0.2) is 9.18 Å². The van der Waals surface area contributed by atoms with Crippen LogP contribution in [0.15, 0.2) is 30.3 Å². The van der Waals surface area contributed by atoms with E-state index < -0.39 is 11.8 Å². The Bertz CT molecular complexity index is 650. The normalized spacial score (nSPS) is 14.2. The molecule has 1 aromatic carbocycles. The second-order valence-corrected chi connectivity index (χ2v) is 4.79. The van der Waals surface area contributed by atoms with Crippen molar-refractivity contribution in [2.75, 3.05) is 6.61 Å². The fourth-order valence-corrected chi connectivity index (χ4v) is 1.86. The monoisotopic (exact) mass is 276 g/mol. The minimum Gasteiger partial charge on any atom is -0.477 e. The minimum absolute atomic E-state index is 0.168. The highest BCUT2D eigenvalue weighted by molar-refractivity contribution is 5.85. The van der Waals surface area contributed by atoms with Gasteiger partial charge in [-0.05, 0) is 30.9 Å². The number of carbonyl (C=O) groups is 1. The topological polar surface area (TPSA) is 64.3 Å². The Balaban J connectivity index is 1.98. The summed E-state index contributed by atoms with van der Waals surface area (Å²) in [7, 11) is 0. The molecule has 1 saturated carbocycles. The third kappa shape index (κ3) is 2.49. The molecule has 0 radical (unpaired) electrons. The number of hydrogen-bond acceptors (Lipinski definition) is 3. The van der Waals surface area contributed by atoms with E-state index >= 15 is 0 Å². The van der Waals surface area contributed by atoms with Crippen LogP contribution >= 0.6 is 0 Å². The van der Waals surface area contributed by atoms with Gasteiger partial charge in [-0.3, -0.25) is 0 Å². The van der Waals surface area contributed by atoms with Gasteiger partial charge in [0.1, 0.15) is 11.5 Å². The number of para-hydroxylation sites is 1. The first-order valence-corrected chi connectivity index (χ1v) is 6.36. The smallest absolute Gasteiger partial charge is 0.356 e. The lowest BCUT2D eigenvalue weighted by atomic mass is 10.3. The van der Waals surface area contributed by atoms with Crippen LogP contribution in [0.1, 0.15) is 23.3 Å². The van der Waals surface area contributed by atoms with Crippen LogP contribution in [0.3, 0.4) is 0 Å². The van der Waals surface area contributed by atoms with Crippen LogP contribution in [0.2, 0.25) is 0 Å². The third-order valence-corrected chi connectivity index (χ3v) is 3.14. The summed E-state index contributed by atoms with van der Waals surface area (Å²) in [6.07, 6.45) is 2.22. The first-order chi connectivity index (χ1) is 9.65. The highest BCUT2D eigenvalue weighted by atomic mass is 19.1. The molecule has 0 saturated heterocycles. The summed E-state index contributed by atoms with van der Waals surface area (Å²) in [5.74, 6) is -0.896. The van der Waals surface area contributed by atoms with Crippen LogP contribution in [-0.4, -0.2) is 27.5 Å². The SMILES string of the molecule is O=C(O)c1cc(OCC2CC2)n(-c2ccccc2F)n1. The standard InChI is InChI=1S/C14H13FN2O3/c15-10-3-1-2-4-12(10)17-13(20-8-9-5-6-9)7-11(16-17)14(18)19/h1-4,7,9H,5-6,8H2,(H,18,19). The van der Waals surface area contributed by atoms with Gasteiger partial charge >= 0.3 is 5.97 Å². The fraction of sp³-hybridized carbons (Fsp3) is 0.286. The number of aromatic nitrogens is 2. The first kappa shape index (κ1) is 12.7. The molecule has 6 heteroatoms. The molecule has 0 aliphatic heterocycles. The molecule has 5 nitrogen and oxygen atoms in total. The summed E-state index contributed by atoms with van der Waals surface area (Å²) in [6, 6.07) is 7.35. The van der Waals surface area contributed by atoms with E-state index in [1.165, 1.54) is 22.9 Å². The summed E-state index contributed by atoms with van der Waals surface area (Å²) in [4.78, 5) is 11.0. The number of aromatic carboxylic acids is 1. The maximum absolute atomic E-state index is 13.8. The number of ether oxygens (including phenoxy) is 1. The van der Waals surface area contributed by atoms with Crippen LogP contribution in [0.5, 0.6) is 5.88 Å². The number of rotatable bonds is 5. The lowest BCUT2D eigenvalue weighted by Crippen LogP contribution is -2.07. The minimum atomic E-state index is -1.17. The van der Waals surface area contributed by atoms with Crippen LogP contribution < -0.4 is 4.74 Å². The van der Waals surface area contributed by atoms with Gasteiger partial charge in [0.2, 0.25) is 5.88 Å². The Morgan fingerprint density at radius 1 is 1.45 bits per heavy atom. The average Bonchev–Trinajstić information content (AvgIpc) is 3.16. The quantitative estimate of drug-likeness (QED) is 0.911. The molecule has 0 bridgehead atoms. The van der Waals surface area contributed by atoms with E-state index in [4.69, 9.17) is 9.84 Å². The lowest BCUT2D eigenvalue weighted by molar-refractivity contribution is 0.0690. The predicted molar refractivity (Wildman–Crippen MR) is 68.7 cm³/mol. The van der Waals surface area contributed by atoms with Crippen molar-refractivity contribution in [3.8, 4) is 11.6 Å². The Labute approximate surface area is 114 Å². The Hall–Kier alpha value is -2.37. The van der Waals surface area contributed by atoms with Crippen LogP contribution in [0.25, 0.3) is 5.69 Å². The number of hydrogen-bond donors (Lipinski definition) is 1. The molecule has 1 aliphatic rings. The summed E-state index contributed by atoms with van der Waals surface area (Å²) < 4.78 is 20.6. The molecule has 20 heavy (non-hydrogen) atoms. The van der Waals surface area contributed by atoms with E-state index in [0.717, 1.165) is 12.8 Å². The summed E-state index contributed by atoms with van der Waals surface area (Å²) >= 11 is 0. The third-order valence-electron chi connectivity index (χ3n) is 3.14. The molecular weight excluding hydrogens is 263 g/mol. The van der Waals surface area contributed by atoms with Crippen molar-refractivity contribution in [2.45, 2.75) is 12.8 Å². The summed E-state index contributed by atoms with van der Waals surface area (Å²) in [6.45, 7) is 0.499. The van der Waals surface area contributed by atoms with Gasteiger partial charge in [-0.15, -0.1) is 0 Å². The van der Waals surface area contributed by atoms with E-state index in [1.807, 2.05) is 0 Å². The van der Waals surface area contributed by atoms with Crippen molar-refractivity contribution in [2.24, 2.45) is 5.92 Å². The van der Waals surface area contributed by atoms with Crippen LogP contribution in [0, 0.1) is 11.7 Å². The van der Waals surface area contributed by atoms with Gasteiger partial charge in [0.05, 0.1) is 6.61 Å². The molecule has 1 aromatic heterocycles. The molecular formula is C14H13FN2O3. The van der Waals surface area contributed by atoms with Gasteiger partial charge in [0.15, 0.2) is 5.69 Å². The van der Waals surface area contributed by atoms with Crippen LogP contribution in [0.4, 0.5) is 4.39 Å². The highest BCUT2D eigenvalue weighted by Crippen LogP contribution is 2.30. The van der Waals surface area contributed by atoms with Crippen molar-refractivity contribution in [3.05, 3.63) is 41.8 Å². The van der Waals surface area contributed by atoms with Gasteiger partial charge in [0.25, 0.3) is 0 Å². The van der Waals surface area contributed by atoms with Gasteiger partial charge in [-0.2, -0.15) is 9.78 Å². The molecule has 0 amide bonds. The second kappa shape index (κ2) is 4.96. The molecule has 1 aliphatic carbocycles. The van der Waals surface area contributed by atoms with E-state index in [-0.39, 0.29) is 17.3 Å². The molecule has 0 atom stereocenters. The second-order valence-electron chi connectivity index (χ2n) is 4.79. The largest absolute Gasteiger partial charge is 0.477 e. The zero-order valence-electron chi connectivity index (χ0n) is 10.6. The zero-order valence-corrected chi connectivity index (χ0v) is 10.6. The fourth-order valence-electron chi connectivity index (χ4n) is 1.86. The Kier molecular flexibility index (Phi) is 3.14. The Morgan fingerprint density at radius 3 is 2.85 bits per heavy atom. The number of carboxylic acid groups (broad SMARTS) is 1. The first-order valence-electron chi connectivity index (χ1n) is 6.36. The summed E-state index contributed by atoms with van der Waals surface area (Å²) in [5, 5.41) is 12.9. The number of halogens is 1. The van der Waals surface area contributed by atoms with Gasteiger partial charge in [0, 0.05) is 6.07 Å². The van der Waals surface area contributed by atoms with Gasteiger partial charge in [-0.1, -0.05) is 12.1 Å². The lowest BCUT2D eigenvalue weighted by Gasteiger charge is -2.09. The zero-order chi connectivity index (χ0) is 14.1. The average molecular weight is 276 g/mol. The molecule has 1 fully saturated rings. The predicted octanol–water partition coefficient (Wildman–Crippen LogP) is 2.50. The molecule has 1 N–H and O–H groups in total. The summed E-state index contributed by atoms with van der Waals surface area (Å²) in [5.41, 5.74) is 0.00449. The Morgan fingerprint density at radius 2 is 2.20 bits per heavy atom. The molecule has 0 unspecified atom stereocenters. The number of nitrogens with zero attached hydrogens (tertiary/aromatic N) is 2. The molecule has 1 heterocycles. The molecule has 104 valence electrons. The van der Waals surface area contributed by atoms with Gasteiger partial charge < -0.3 is 9.84 Å².